The Morgan fingerprint density at radius 1 is 1.18 bits per heavy atom. The Bertz CT molecular complexity index is 1580. The number of carbonyl (C=O) groups excluding carboxylic acids is 2. The molecule has 6 rings (SSSR count). The predicted octanol–water partition coefficient (Wildman–Crippen LogP) is 5.04. The number of amides is 2. The number of aromatic nitrogens is 3. The van der Waals surface area contributed by atoms with E-state index in [1.54, 1.807) is 24.0 Å². The van der Waals surface area contributed by atoms with Crippen molar-refractivity contribution in [2.24, 2.45) is 11.8 Å². The molecular weight excluding hydrogens is 522 g/mol. The highest BCUT2D eigenvalue weighted by molar-refractivity contribution is 7.15. The summed E-state index contributed by atoms with van der Waals surface area (Å²) in [4.78, 5) is 39.0. The molecule has 1 aliphatic carbocycles. The number of alkyl halides is 3. The maximum absolute atomic E-state index is 13.9. The van der Waals surface area contributed by atoms with E-state index in [1.165, 1.54) is 41.7 Å². The number of imidazole rings is 1. The fourth-order valence-corrected chi connectivity index (χ4v) is 6.09. The highest BCUT2D eigenvalue weighted by atomic mass is 32.1. The molecule has 0 bridgehead atoms. The van der Waals surface area contributed by atoms with Gasteiger partial charge in [0.05, 0.1) is 27.0 Å². The van der Waals surface area contributed by atoms with Crippen LogP contribution in [0.3, 0.4) is 0 Å². The number of H-pyrrole nitrogens is 1. The number of hydrogen-bond acceptors (Lipinski definition) is 5. The van der Waals surface area contributed by atoms with Crippen molar-refractivity contribution < 1.29 is 27.2 Å². The molecule has 0 radical (unpaired) electrons. The SMILES string of the molecule is Cc1nc(C(=O)N2C[C@H]3C[C@H]3[C@H]2CNC(=O)c2ccc3nc(C(F)(F)F)[nH]c3c2)c(-c2cccc(F)c2)s1. The minimum atomic E-state index is -4.62. The summed E-state index contributed by atoms with van der Waals surface area (Å²) >= 11 is 1.32. The zero-order chi connectivity index (χ0) is 26.8. The molecule has 7 nitrogen and oxygen atoms in total. The van der Waals surface area contributed by atoms with Crippen molar-refractivity contribution >= 4 is 34.2 Å². The normalized spacial score (nSPS) is 20.6. The molecule has 2 fully saturated rings. The van der Waals surface area contributed by atoms with Crippen molar-refractivity contribution in [2.45, 2.75) is 25.6 Å². The quantitative estimate of drug-likeness (QED) is 0.345. The Morgan fingerprint density at radius 2 is 2.00 bits per heavy atom. The molecule has 3 heterocycles. The van der Waals surface area contributed by atoms with Gasteiger partial charge in [0.15, 0.2) is 0 Å². The molecule has 196 valence electrons. The summed E-state index contributed by atoms with van der Waals surface area (Å²) < 4.78 is 52.7. The molecule has 38 heavy (non-hydrogen) atoms. The van der Waals surface area contributed by atoms with Gasteiger partial charge in [0, 0.05) is 18.7 Å². The van der Waals surface area contributed by atoms with Crippen molar-refractivity contribution in [1.29, 1.82) is 0 Å². The summed E-state index contributed by atoms with van der Waals surface area (Å²) in [5, 5.41) is 3.52. The van der Waals surface area contributed by atoms with Gasteiger partial charge in [-0.15, -0.1) is 11.3 Å². The number of benzene rings is 2. The second-order valence-electron chi connectivity index (χ2n) is 9.63. The molecule has 4 aromatic rings. The van der Waals surface area contributed by atoms with Crippen molar-refractivity contribution in [2.75, 3.05) is 13.1 Å². The van der Waals surface area contributed by atoms with E-state index in [4.69, 9.17) is 0 Å². The molecule has 12 heteroatoms. The first kappa shape index (κ1) is 24.5. The first-order valence-corrected chi connectivity index (χ1v) is 12.8. The third-order valence-electron chi connectivity index (χ3n) is 7.07. The number of aryl methyl sites for hydroxylation is 1. The first-order chi connectivity index (χ1) is 18.1. The van der Waals surface area contributed by atoms with Crippen molar-refractivity contribution in [3.05, 3.63) is 70.4 Å². The third-order valence-corrected chi connectivity index (χ3v) is 8.09. The number of nitrogens with one attached hydrogen (secondary N) is 2. The number of carbonyl (C=O) groups is 2. The fourth-order valence-electron chi connectivity index (χ4n) is 5.18. The van der Waals surface area contributed by atoms with Crippen LogP contribution < -0.4 is 5.32 Å². The van der Waals surface area contributed by atoms with Crippen LogP contribution in [-0.2, 0) is 6.18 Å². The van der Waals surface area contributed by atoms with Gasteiger partial charge in [-0.3, -0.25) is 9.59 Å². The number of aromatic amines is 1. The molecular formula is C26H21F4N5O2S. The lowest BCUT2D eigenvalue weighted by atomic mass is 10.1. The lowest BCUT2D eigenvalue weighted by Crippen LogP contribution is -2.45. The molecule has 2 N–H and O–H groups in total. The minimum Gasteiger partial charge on any atom is -0.350 e. The topological polar surface area (TPSA) is 91.0 Å². The van der Waals surface area contributed by atoms with Gasteiger partial charge in [0.1, 0.15) is 11.5 Å². The Balaban J connectivity index is 1.19. The summed E-state index contributed by atoms with van der Waals surface area (Å²) in [5.74, 6) is -1.66. The third kappa shape index (κ3) is 4.42. The number of halogens is 4. The molecule has 0 unspecified atom stereocenters. The van der Waals surface area contributed by atoms with Gasteiger partial charge in [-0.25, -0.2) is 14.4 Å². The van der Waals surface area contributed by atoms with Crippen molar-refractivity contribution in [3.8, 4) is 10.4 Å². The Labute approximate surface area is 217 Å². The van der Waals surface area contributed by atoms with Crippen LogP contribution in [0.5, 0.6) is 0 Å². The zero-order valence-electron chi connectivity index (χ0n) is 20.0. The highest BCUT2D eigenvalue weighted by Crippen LogP contribution is 2.50. The molecule has 2 aromatic carbocycles. The summed E-state index contributed by atoms with van der Waals surface area (Å²) in [5.41, 5.74) is 1.24. The van der Waals surface area contributed by atoms with Crippen LogP contribution in [0.1, 0.15) is 38.1 Å². The van der Waals surface area contributed by atoms with E-state index in [0.717, 1.165) is 6.42 Å². The predicted molar refractivity (Wildman–Crippen MR) is 132 cm³/mol. The molecule has 0 spiro atoms. The van der Waals surface area contributed by atoms with Crippen LogP contribution in [0.15, 0.2) is 42.5 Å². The maximum atomic E-state index is 13.9. The first-order valence-electron chi connectivity index (χ1n) is 12.0. The maximum Gasteiger partial charge on any atom is 0.449 e. The van der Waals surface area contributed by atoms with E-state index in [0.29, 0.717) is 27.9 Å². The standard InChI is InChI=1S/C26H21F4N5O2S/c1-12-32-21(22(38-12)13-3-2-4-16(27)7-13)24(37)35-11-15-8-17(15)20(35)10-31-23(36)14-5-6-18-19(9-14)34-25(33-18)26(28,29)30/h2-7,9,15,17,20H,8,10-11H2,1H3,(H,31,36)(H,33,34)/t15-,17-,20-/m1/s1. The van der Waals surface area contributed by atoms with Gasteiger partial charge in [0.25, 0.3) is 11.8 Å². The molecule has 1 aliphatic heterocycles. The smallest absolute Gasteiger partial charge is 0.350 e. The lowest BCUT2D eigenvalue weighted by molar-refractivity contribution is -0.144. The molecule has 1 saturated carbocycles. The van der Waals surface area contributed by atoms with Crippen molar-refractivity contribution in [3.63, 3.8) is 0 Å². The van der Waals surface area contributed by atoms with Gasteiger partial charge >= 0.3 is 6.18 Å². The Hall–Kier alpha value is -3.80. The van der Waals surface area contributed by atoms with E-state index in [1.807, 2.05) is 0 Å². The molecule has 1 saturated heterocycles. The number of thiazole rings is 1. The van der Waals surface area contributed by atoms with Gasteiger partial charge in [-0.2, -0.15) is 13.2 Å². The summed E-state index contributed by atoms with van der Waals surface area (Å²) in [7, 11) is 0. The lowest BCUT2D eigenvalue weighted by Gasteiger charge is -2.27. The van der Waals surface area contributed by atoms with Gasteiger partial charge in [-0.05, 0) is 61.1 Å². The highest BCUT2D eigenvalue weighted by Gasteiger charge is 2.54. The summed E-state index contributed by atoms with van der Waals surface area (Å²) in [6, 6.07) is 9.89. The number of piperidine rings is 1. The number of likely N-dealkylation sites (tertiary alicyclic amines) is 1. The number of fused-ring (bicyclic) bond motifs is 2. The van der Waals surface area contributed by atoms with Crippen LogP contribution >= 0.6 is 11.3 Å². The van der Waals surface area contributed by atoms with Gasteiger partial charge in [-0.1, -0.05) is 12.1 Å². The van der Waals surface area contributed by atoms with Crippen LogP contribution in [0.25, 0.3) is 21.5 Å². The Kier molecular flexibility index (Phi) is 5.74. The summed E-state index contributed by atoms with van der Waals surface area (Å²) in [6.45, 7) is 2.53. The fraction of sp³-hybridized carbons (Fsp3) is 0.308. The minimum absolute atomic E-state index is 0.105. The van der Waals surface area contributed by atoms with E-state index in [-0.39, 0.29) is 46.7 Å². The van der Waals surface area contributed by atoms with Gasteiger partial charge in [0.2, 0.25) is 5.82 Å². The monoisotopic (exact) mass is 543 g/mol. The number of nitrogens with zero attached hydrogens (tertiary/aromatic N) is 3. The Morgan fingerprint density at radius 3 is 2.76 bits per heavy atom. The molecule has 2 amide bonds. The van der Waals surface area contributed by atoms with Gasteiger partial charge < -0.3 is 15.2 Å². The summed E-state index contributed by atoms with van der Waals surface area (Å²) in [6.07, 6.45) is -3.66. The van der Waals surface area contributed by atoms with Crippen LogP contribution in [0, 0.1) is 24.6 Å². The molecule has 3 atom stereocenters. The second kappa shape index (κ2) is 8.90. The van der Waals surface area contributed by atoms with E-state index < -0.39 is 23.7 Å². The van der Waals surface area contributed by atoms with Crippen LogP contribution in [-0.4, -0.2) is 50.8 Å². The largest absolute Gasteiger partial charge is 0.449 e. The van der Waals surface area contributed by atoms with E-state index >= 15 is 0 Å². The molecule has 2 aromatic heterocycles. The van der Waals surface area contributed by atoms with E-state index in [2.05, 4.69) is 20.3 Å². The number of hydrogen-bond donors (Lipinski definition) is 2. The zero-order valence-corrected chi connectivity index (χ0v) is 20.8. The average Bonchev–Trinajstić information content (AvgIpc) is 3.19. The second-order valence-corrected chi connectivity index (χ2v) is 10.8. The van der Waals surface area contributed by atoms with Crippen LogP contribution in [0.4, 0.5) is 17.6 Å². The number of rotatable bonds is 5. The van der Waals surface area contributed by atoms with E-state index in [9.17, 15) is 27.2 Å². The molecule has 2 aliphatic rings. The van der Waals surface area contributed by atoms with Crippen LogP contribution in [0.2, 0.25) is 0 Å². The average molecular weight is 544 g/mol. The van der Waals surface area contributed by atoms with Crippen molar-refractivity contribution in [1.82, 2.24) is 25.2 Å².